The molecule has 0 fully saturated rings. The number of hydrogen-bond donors (Lipinski definition) is 2. The predicted octanol–water partition coefficient (Wildman–Crippen LogP) is 2.14. The van der Waals surface area contributed by atoms with Gasteiger partial charge in [-0.1, -0.05) is 0 Å². The highest BCUT2D eigenvalue weighted by molar-refractivity contribution is 5.82. The van der Waals surface area contributed by atoms with E-state index in [0.717, 1.165) is 36.3 Å². The molecule has 3 rings (SSSR count). The zero-order valence-electron chi connectivity index (χ0n) is 18.4. The molecule has 1 atom stereocenters. The molecule has 8 nitrogen and oxygen atoms in total. The second-order valence-corrected chi connectivity index (χ2v) is 8.84. The van der Waals surface area contributed by atoms with Crippen molar-refractivity contribution in [1.82, 2.24) is 20.3 Å². The van der Waals surface area contributed by atoms with Crippen LogP contribution < -0.4 is 15.0 Å². The van der Waals surface area contributed by atoms with Crippen molar-refractivity contribution in [3.8, 4) is 17.3 Å². The van der Waals surface area contributed by atoms with Crippen molar-refractivity contribution in [3.63, 3.8) is 0 Å². The summed E-state index contributed by atoms with van der Waals surface area (Å²) in [6.07, 6.45) is 3.90. The van der Waals surface area contributed by atoms with Gasteiger partial charge >= 0.3 is 0 Å². The summed E-state index contributed by atoms with van der Waals surface area (Å²) in [4.78, 5) is 28.2. The van der Waals surface area contributed by atoms with Crippen molar-refractivity contribution in [1.29, 1.82) is 0 Å². The Kier molecular flexibility index (Phi) is 6.55. The van der Waals surface area contributed by atoms with Gasteiger partial charge in [-0.05, 0) is 53.0 Å². The van der Waals surface area contributed by atoms with E-state index in [0.29, 0.717) is 17.3 Å². The molecule has 0 saturated heterocycles. The van der Waals surface area contributed by atoms with Crippen LogP contribution >= 0.6 is 0 Å². The highest BCUT2D eigenvalue weighted by Gasteiger charge is 2.24. The van der Waals surface area contributed by atoms with Crippen molar-refractivity contribution < 1.29 is 14.6 Å². The minimum Gasteiger partial charge on any atom is -0.491 e. The van der Waals surface area contributed by atoms with Crippen LogP contribution in [0.4, 0.5) is 5.82 Å². The second-order valence-electron chi connectivity index (χ2n) is 8.84. The number of aryl methyl sites for hydroxylation is 1. The van der Waals surface area contributed by atoms with E-state index >= 15 is 0 Å². The lowest BCUT2D eigenvalue weighted by atomic mass is 10.1. The quantitative estimate of drug-likeness (QED) is 0.717. The van der Waals surface area contributed by atoms with Gasteiger partial charge in [-0.15, -0.1) is 0 Å². The lowest BCUT2D eigenvalue weighted by molar-refractivity contribution is -0.121. The van der Waals surface area contributed by atoms with Gasteiger partial charge in [0.2, 0.25) is 5.91 Å². The van der Waals surface area contributed by atoms with Crippen LogP contribution in [-0.2, 0) is 17.6 Å². The fourth-order valence-corrected chi connectivity index (χ4v) is 3.43. The summed E-state index contributed by atoms with van der Waals surface area (Å²) >= 11 is 0. The first-order valence-corrected chi connectivity index (χ1v) is 10.3. The molecule has 8 heteroatoms. The molecule has 0 aromatic carbocycles. The maximum Gasteiger partial charge on any atom is 0.239 e. The third-order valence-electron chi connectivity index (χ3n) is 4.62. The normalized spacial score (nSPS) is 14.2. The molecule has 2 aromatic heterocycles. The Hall–Kier alpha value is -2.74. The van der Waals surface area contributed by atoms with Gasteiger partial charge in [0, 0.05) is 36.1 Å². The summed E-state index contributed by atoms with van der Waals surface area (Å²) in [7, 11) is 1.88. The lowest BCUT2D eigenvalue weighted by Crippen LogP contribution is -2.45. The van der Waals surface area contributed by atoms with Crippen LogP contribution in [-0.4, -0.2) is 57.8 Å². The number of hydrogen-bond acceptors (Lipinski definition) is 7. The third kappa shape index (κ3) is 5.66. The molecule has 0 unspecified atom stereocenters. The number of rotatable bonds is 7. The standard InChI is InChI=1S/C22H31N5O3/c1-14(28)13-30-15-9-10-23-18(11-15)20-24-17-8-6-7-16(17)21(25-20)27(5)12-19(29)26-22(2,3)4/h9-11,14,28H,6-8,12-13H2,1-5H3,(H,26,29)/t14-/m1/s1. The average molecular weight is 414 g/mol. The molecule has 1 aliphatic rings. The summed E-state index contributed by atoms with van der Waals surface area (Å²) in [6.45, 7) is 7.97. The number of aliphatic hydroxyl groups excluding tert-OH is 1. The smallest absolute Gasteiger partial charge is 0.239 e. The van der Waals surface area contributed by atoms with E-state index in [9.17, 15) is 9.90 Å². The van der Waals surface area contributed by atoms with Crippen LogP contribution in [0.1, 0.15) is 45.4 Å². The number of nitrogens with zero attached hydrogens (tertiary/aromatic N) is 4. The molecule has 1 amide bonds. The molecule has 0 radical (unpaired) electrons. The molecule has 0 bridgehead atoms. The summed E-state index contributed by atoms with van der Waals surface area (Å²) < 4.78 is 5.59. The van der Waals surface area contributed by atoms with Crippen molar-refractivity contribution in [2.45, 2.75) is 58.6 Å². The number of carbonyl (C=O) groups excluding carboxylic acids is 1. The van der Waals surface area contributed by atoms with Crippen molar-refractivity contribution >= 4 is 11.7 Å². The van der Waals surface area contributed by atoms with Crippen molar-refractivity contribution in [2.24, 2.45) is 0 Å². The average Bonchev–Trinajstić information content (AvgIpc) is 3.12. The Morgan fingerprint density at radius 1 is 1.33 bits per heavy atom. The molecule has 1 aliphatic carbocycles. The van der Waals surface area contributed by atoms with E-state index in [1.165, 1.54) is 0 Å². The van der Waals surface area contributed by atoms with E-state index in [1.807, 2.05) is 32.7 Å². The van der Waals surface area contributed by atoms with Gasteiger partial charge < -0.3 is 20.1 Å². The van der Waals surface area contributed by atoms with Gasteiger partial charge in [0.25, 0.3) is 0 Å². The highest BCUT2D eigenvalue weighted by Crippen LogP contribution is 2.31. The van der Waals surface area contributed by atoms with Crippen LogP contribution in [0.25, 0.3) is 11.5 Å². The molecule has 30 heavy (non-hydrogen) atoms. The van der Waals surface area contributed by atoms with E-state index in [-0.39, 0.29) is 24.6 Å². The number of amides is 1. The maximum absolute atomic E-state index is 12.4. The Bertz CT molecular complexity index is 908. The molecule has 0 saturated carbocycles. The van der Waals surface area contributed by atoms with E-state index in [1.54, 1.807) is 25.3 Å². The Morgan fingerprint density at radius 3 is 2.80 bits per heavy atom. The van der Waals surface area contributed by atoms with Gasteiger partial charge in [0.05, 0.1) is 12.6 Å². The first-order chi connectivity index (χ1) is 14.1. The van der Waals surface area contributed by atoms with Gasteiger partial charge in [0.1, 0.15) is 23.9 Å². The number of anilines is 1. The first kappa shape index (κ1) is 22.0. The first-order valence-electron chi connectivity index (χ1n) is 10.3. The number of carbonyl (C=O) groups is 1. The molecule has 2 heterocycles. The number of pyridine rings is 1. The van der Waals surface area contributed by atoms with Gasteiger partial charge in [-0.25, -0.2) is 9.97 Å². The lowest BCUT2D eigenvalue weighted by Gasteiger charge is -2.25. The van der Waals surface area contributed by atoms with E-state index < -0.39 is 6.10 Å². The number of aliphatic hydroxyl groups is 1. The maximum atomic E-state index is 12.4. The summed E-state index contributed by atoms with van der Waals surface area (Å²) in [5.41, 5.74) is 2.43. The Labute approximate surface area is 177 Å². The fraction of sp³-hybridized carbons (Fsp3) is 0.545. The molecule has 0 aliphatic heterocycles. The minimum atomic E-state index is -0.558. The SMILES string of the molecule is C[C@@H](O)COc1ccnc(-c2nc3c(c(N(C)CC(=O)NC(C)(C)C)n2)CCC3)c1. The second kappa shape index (κ2) is 8.95. The summed E-state index contributed by atoms with van der Waals surface area (Å²) in [5, 5.41) is 12.4. The molecule has 2 aromatic rings. The number of likely N-dealkylation sites (N-methyl/N-ethyl adjacent to an activating group) is 1. The van der Waals surface area contributed by atoms with E-state index in [4.69, 9.17) is 14.7 Å². The van der Waals surface area contributed by atoms with Gasteiger partial charge in [-0.2, -0.15) is 0 Å². The van der Waals surface area contributed by atoms with Gasteiger partial charge in [0.15, 0.2) is 5.82 Å². The monoisotopic (exact) mass is 413 g/mol. The minimum absolute atomic E-state index is 0.0523. The fourth-order valence-electron chi connectivity index (χ4n) is 3.43. The molecule has 0 spiro atoms. The topological polar surface area (TPSA) is 100 Å². The molecular formula is C22H31N5O3. The number of nitrogens with one attached hydrogen (secondary N) is 1. The van der Waals surface area contributed by atoms with Crippen LogP contribution in [0.15, 0.2) is 18.3 Å². The number of ether oxygens (including phenoxy) is 1. The van der Waals surface area contributed by atoms with Crippen molar-refractivity contribution in [2.75, 3.05) is 25.1 Å². The molecule has 162 valence electrons. The van der Waals surface area contributed by atoms with Crippen LogP contribution in [0, 0.1) is 0 Å². The number of fused-ring (bicyclic) bond motifs is 1. The van der Waals surface area contributed by atoms with Crippen molar-refractivity contribution in [3.05, 3.63) is 29.6 Å². The predicted molar refractivity (Wildman–Crippen MR) is 116 cm³/mol. The van der Waals surface area contributed by atoms with Gasteiger partial charge in [-0.3, -0.25) is 9.78 Å². The van der Waals surface area contributed by atoms with Crippen LogP contribution in [0.3, 0.4) is 0 Å². The zero-order chi connectivity index (χ0) is 21.9. The molecule has 2 N–H and O–H groups in total. The Balaban J connectivity index is 1.88. The summed E-state index contributed by atoms with van der Waals surface area (Å²) in [5.74, 6) is 1.83. The highest BCUT2D eigenvalue weighted by atomic mass is 16.5. The zero-order valence-corrected chi connectivity index (χ0v) is 18.4. The summed E-state index contributed by atoms with van der Waals surface area (Å²) in [6, 6.07) is 3.51. The third-order valence-corrected chi connectivity index (χ3v) is 4.62. The molecular weight excluding hydrogens is 382 g/mol. The number of aromatic nitrogens is 3. The van der Waals surface area contributed by atoms with E-state index in [2.05, 4.69) is 10.3 Å². The largest absolute Gasteiger partial charge is 0.491 e. The van der Waals surface area contributed by atoms with Crippen LogP contribution in [0.5, 0.6) is 5.75 Å². The Morgan fingerprint density at radius 2 is 2.10 bits per heavy atom. The van der Waals surface area contributed by atoms with Crippen LogP contribution in [0.2, 0.25) is 0 Å².